The number of anilines is 2. The highest BCUT2D eigenvalue weighted by Gasteiger charge is 2.32. The van der Waals surface area contributed by atoms with Crippen molar-refractivity contribution in [2.45, 2.75) is 51.1 Å². The molecule has 2 atom stereocenters. The van der Waals surface area contributed by atoms with Crippen molar-refractivity contribution in [2.24, 2.45) is 0 Å². The molecular weight excluding hydrogens is 559 g/mol. The van der Waals surface area contributed by atoms with Crippen LogP contribution in [0.25, 0.3) is 0 Å². The number of nitrogens with one attached hydrogen (secondary N) is 2. The average molecular weight is 589 g/mol. The van der Waals surface area contributed by atoms with Crippen molar-refractivity contribution in [2.75, 3.05) is 43.0 Å². The highest BCUT2D eigenvalue weighted by atomic mass is 35.5. The molecule has 0 spiro atoms. The van der Waals surface area contributed by atoms with Gasteiger partial charge in [0.2, 0.25) is 5.91 Å². The summed E-state index contributed by atoms with van der Waals surface area (Å²) < 4.78 is 73.0. The van der Waals surface area contributed by atoms with E-state index in [0.717, 1.165) is 12.5 Å². The molecule has 4 rings (SSSR count). The third-order valence-electron chi connectivity index (χ3n) is 7.08. The first-order valence-electron chi connectivity index (χ1n) is 13.0. The van der Waals surface area contributed by atoms with Gasteiger partial charge in [0.05, 0.1) is 23.4 Å². The predicted molar refractivity (Wildman–Crippen MR) is 141 cm³/mol. The minimum atomic E-state index is -4.24. The van der Waals surface area contributed by atoms with Crippen molar-refractivity contribution < 1.29 is 36.3 Å². The van der Waals surface area contributed by atoms with Gasteiger partial charge in [0.15, 0.2) is 11.6 Å². The quantitative estimate of drug-likeness (QED) is 0.419. The number of carbonyl (C=O) groups excluding carboxylic acids is 2. The van der Waals surface area contributed by atoms with E-state index in [1.807, 2.05) is 11.8 Å². The molecule has 1 unspecified atom stereocenters. The molecule has 2 saturated heterocycles. The van der Waals surface area contributed by atoms with Crippen LogP contribution in [0.1, 0.15) is 42.1 Å². The molecule has 2 amide bonds. The van der Waals surface area contributed by atoms with Gasteiger partial charge in [-0.3, -0.25) is 14.5 Å². The molecule has 2 heterocycles. The van der Waals surface area contributed by atoms with Gasteiger partial charge >= 0.3 is 6.18 Å². The minimum Gasteiger partial charge on any atom is -0.368 e. The van der Waals surface area contributed by atoms with Gasteiger partial charge in [0, 0.05) is 56.0 Å². The Kier molecular flexibility index (Phi) is 9.52. The van der Waals surface area contributed by atoms with E-state index < -0.39 is 47.7 Å². The number of ether oxygens (including phenoxy) is 1. The van der Waals surface area contributed by atoms with Crippen molar-refractivity contribution in [3.63, 3.8) is 0 Å². The third kappa shape index (κ3) is 7.41. The van der Waals surface area contributed by atoms with Crippen LogP contribution in [0.3, 0.4) is 0 Å². The number of halogens is 6. The molecule has 0 aromatic heterocycles. The maximum atomic E-state index is 14.9. The number of alkyl halides is 3. The highest BCUT2D eigenvalue weighted by molar-refractivity contribution is 6.31. The topological polar surface area (TPSA) is 73.9 Å². The molecule has 0 aliphatic carbocycles. The van der Waals surface area contributed by atoms with E-state index in [9.17, 15) is 31.5 Å². The van der Waals surface area contributed by atoms with Gasteiger partial charge in [-0.15, -0.1) is 0 Å². The minimum absolute atomic E-state index is 0.115. The molecule has 2 aromatic rings. The summed E-state index contributed by atoms with van der Waals surface area (Å²) in [5, 5.41) is 5.49. The lowest BCUT2D eigenvalue weighted by Crippen LogP contribution is -2.52. The Morgan fingerprint density at radius 2 is 1.90 bits per heavy atom. The van der Waals surface area contributed by atoms with Crippen LogP contribution in [-0.2, 0) is 16.1 Å². The van der Waals surface area contributed by atoms with E-state index in [2.05, 4.69) is 10.6 Å². The normalized spacial score (nSPS) is 20.0. The fourth-order valence-corrected chi connectivity index (χ4v) is 5.03. The monoisotopic (exact) mass is 588 g/mol. The van der Waals surface area contributed by atoms with Gasteiger partial charge in [-0.1, -0.05) is 17.7 Å². The van der Waals surface area contributed by atoms with Gasteiger partial charge in [0.1, 0.15) is 6.10 Å². The Morgan fingerprint density at radius 1 is 1.12 bits per heavy atom. The van der Waals surface area contributed by atoms with Crippen molar-refractivity contribution in [1.29, 1.82) is 0 Å². The lowest BCUT2D eigenvalue weighted by atomic mass is 10.1. The molecule has 40 heavy (non-hydrogen) atoms. The van der Waals surface area contributed by atoms with Crippen molar-refractivity contribution in [1.82, 2.24) is 10.2 Å². The smallest absolute Gasteiger partial charge is 0.368 e. The molecular formula is C27H30ClF5N4O3. The van der Waals surface area contributed by atoms with E-state index in [0.29, 0.717) is 43.4 Å². The molecule has 7 nitrogen and oxygen atoms in total. The van der Waals surface area contributed by atoms with E-state index >= 15 is 0 Å². The number of carbonyl (C=O) groups is 2. The lowest BCUT2D eigenvalue weighted by Gasteiger charge is -2.41. The first kappa shape index (κ1) is 30.0. The largest absolute Gasteiger partial charge is 0.390 e. The van der Waals surface area contributed by atoms with E-state index in [1.165, 1.54) is 18.2 Å². The van der Waals surface area contributed by atoms with Gasteiger partial charge < -0.3 is 20.3 Å². The number of nitrogens with zero attached hydrogens (tertiary/aromatic N) is 2. The average Bonchev–Trinajstić information content (AvgIpc) is 3.44. The van der Waals surface area contributed by atoms with Crippen molar-refractivity contribution >= 4 is 34.8 Å². The molecule has 2 fully saturated rings. The van der Waals surface area contributed by atoms with Crippen LogP contribution in [0.2, 0.25) is 5.02 Å². The number of hydrogen-bond acceptors (Lipinski definition) is 5. The zero-order valence-corrected chi connectivity index (χ0v) is 22.5. The summed E-state index contributed by atoms with van der Waals surface area (Å²) in [5.74, 6) is -3.92. The fraction of sp³-hybridized carbons (Fsp3) is 0.481. The molecule has 2 aromatic carbocycles. The summed E-state index contributed by atoms with van der Waals surface area (Å²) in [6.07, 6.45) is -4.46. The molecule has 2 aliphatic heterocycles. The standard InChI is InChI=1S/C27H30ClF5N4O3/c1-16-15-37(11-10-36(16)9-8-27(31,32)33)21-13-18(28)5-7-20(21)35-25(38)19-6-4-17(23(29)24(19)30)14-34-26(39)22-3-2-12-40-22/h4-7,13,16,22H,2-3,8-12,14-15H2,1H3,(H,34,39)(H,35,38)/t16-,22?/m0/s1. The van der Waals surface area contributed by atoms with Gasteiger partial charge in [-0.25, -0.2) is 8.78 Å². The van der Waals surface area contributed by atoms with Crippen LogP contribution in [0, 0.1) is 11.6 Å². The number of piperazine rings is 1. The molecule has 0 radical (unpaired) electrons. The van der Waals surface area contributed by atoms with Gasteiger partial charge in [-0.05, 0) is 44.0 Å². The van der Waals surface area contributed by atoms with Crippen LogP contribution >= 0.6 is 11.6 Å². The number of hydrogen-bond donors (Lipinski definition) is 2. The predicted octanol–water partition coefficient (Wildman–Crippen LogP) is 5.13. The van der Waals surface area contributed by atoms with Crippen LogP contribution in [0.15, 0.2) is 30.3 Å². The van der Waals surface area contributed by atoms with Crippen molar-refractivity contribution in [3.8, 4) is 0 Å². The van der Waals surface area contributed by atoms with Crippen LogP contribution in [0.5, 0.6) is 0 Å². The Bertz CT molecular complexity index is 1240. The summed E-state index contributed by atoms with van der Waals surface area (Å²) in [5.41, 5.74) is 0.151. The maximum Gasteiger partial charge on any atom is 0.390 e. The van der Waals surface area contributed by atoms with Crippen LogP contribution < -0.4 is 15.5 Å². The number of amides is 2. The number of rotatable bonds is 8. The molecule has 218 valence electrons. The van der Waals surface area contributed by atoms with Crippen molar-refractivity contribution in [3.05, 3.63) is 58.1 Å². The van der Waals surface area contributed by atoms with E-state index in [1.54, 1.807) is 11.0 Å². The Morgan fingerprint density at radius 3 is 2.58 bits per heavy atom. The molecule has 0 bridgehead atoms. The molecule has 2 N–H and O–H groups in total. The molecule has 0 saturated carbocycles. The van der Waals surface area contributed by atoms with Crippen LogP contribution in [-0.4, -0.2) is 67.8 Å². The second-order valence-electron chi connectivity index (χ2n) is 9.93. The first-order valence-corrected chi connectivity index (χ1v) is 13.3. The second-order valence-corrected chi connectivity index (χ2v) is 10.4. The summed E-state index contributed by atoms with van der Waals surface area (Å²) >= 11 is 6.19. The summed E-state index contributed by atoms with van der Waals surface area (Å²) in [6.45, 7) is 3.01. The lowest BCUT2D eigenvalue weighted by molar-refractivity contribution is -0.139. The zero-order valence-electron chi connectivity index (χ0n) is 21.8. The van der Waals surface area contributed by atoms with E-state index in [-0.39, 0.29) is 30.4 Å². The number of benzene rings is 2. The third-order valence-corrected chi connectivity index (χ3v) is 7.31. The molecule has 13 heteroatoms. The summed E-state index contributed by atoms with van der Waals surface area (Å²) in [6, 6.07) is 6.82. The second kappa shape index (κ2) is 12.7. The summed E-state index contributed by atoms with van der Waals surface area (Å²) in [4.78, 5) is 28.7. The zero-order chi connectivity index (χ0) is 29.0. The Hall–Kier alpha value is -2.96. The maximum absolute atomic E-state index is 14.9. The van der Waals surface area contributed by atoms with Crippen LogP contribution in [0.4, 0.5) is 33.3 Å². The van der Waals surface area contributed by atoms with Gasteiger partial charge in [-0.2, -0.15) is 13.2 Å². The van der Waals surface area contributed by atoms with Gasteiger partial charge in [0.25, 0.3) is 5.91 Å². The SMILES string of the molecule is C[C@H]1CN(c2cc(Cl)ccc2NC(=O)c2ccc(CNC(=O)C3CCCO3)c(F)c2F)CCN1CCC(F)(F)F. The Labute approximate surface area is 233 Å². The Balaban J connectivity index is 1.44. The van der Waals surface area contributed by atoms with E-state index in [4.69, 9.17) is 16.3 Å². The fourth-order valence-electron chi connectivity index (χ4n) is 4.86. The summed E-state index contributed by atoms with van der Waals surface area (Å²) in [7, 11) is 0. The first-order chi connectivity index (χ1) is 18.9. The highest BCUT2D eigenvalue weighted by Crippen LogP contribution is 2.32. The molecule has 2 aliphatic rings.